The van der Waals surface area contributed by atoms with Crippen molar-refractivity contribution in [2.24, 2.45) is 0 Å². The van der Waals surface area contributed by atoms with Crippen LogP contribution in [0.2, 0.25) is 0 Å². The number of carbonyl (C=O) groups is 6. The normalized spacial score (nSPS) is 10.8. The van der Waals surface area contributed by atoms with Crippen LogP contribution in [0.5, 0.6) is 23.0 Å². The smallest absolute Gasteiger partial charge is 0.339 e. The second-order valence-electron chi connectivity index (χ2n) is 12.5. The molecule has 0 heterocycles. The molecule has 0 aromatic heterocycles. The number of aromatic hydroxyl groups is 2. The average molecular weight is 806 g/mol. The van der Waals surface area contributed by atoms with Crippen LogP contribution < -0.4 is 36.1 Å². The van der Waals surface area contributed by atoms with E-state index >= 15 is 0 Å². The molecule has 5 rings (SSSR count). The molecule has 5 aromatic carbocycles. The third-order valence-electron chi connectivity index (χ3n) is 8.50. The van der Waals surface area contributed by atoms with Gasteiger partial charge in [-0.2, -0.15) is 0 Å². The van der Waals surface area contributed by atoms with Crippen molar-refractivity contribution in [3.8, 4) is 23.0 Å². The Labute approximate surface area is 335 Å². The highest BCUT2D eigenvalue weighted by molar-refractivity contribution is 6.10. The number of halogens is 1. The van der Waals surface area contributed by atoms with Gasteiger partial charge in [0.05, 0.1) is 37.7 Å². The molecule has 0 unspecified atom stereocenters. The van der Waals surface area contributed by atoms with Crippen LogP contribution in [-0.4, -0.2) is 71.6 Å². The summed E-state index contributed by atoms with van der Waals surface area (Å²) >= 11 is 0. The minimum atomic E-state index is -1.42. The summed E-state index contributed by atoms with van der Waals surface area (Å²) in [5, 5.41) is 43.2. The molecule has 0 atom stereocenters. The lowest BCUT2D eigenvalue weighted by atomic mass is 10.1. The predicted octanol–water partition coefficient (Wildman–Crippen LogP) is 5.87. The van der Waals surface area contributed by atoms with E-state index < -0.39 is 46.7 Å². The number of anilines is 4. The Bertz CT molecular complexity index is 2470. The number of amides is 5. The van der Waals surface area contributed by atoms with E-state index in [2.05, 4.69) is 26.6 Å². The monoisotopic (exact) mass is 805 g/mol. The van der Waals surface area contributed by atoms with Crippen LogP contribution in [0.1, 0.15) is 53.9 Å². The van der Waals surface area contributed by atoms with E-state index in [0.717, 1.165) is 13.2 Å². The van der Waals surface area contributed by atoms with Gasteiger partial charge >= 0.3 is 5.97 Å². The fraction of sp³-hybridized carbons (Fsp3) is 0.0952. The summed E-state index contributed by atoms with van der Waals surface area (Å²) in [6.07, 6.45) is 1.61. The van der Waals surface area contributed by atoms with Crippen LogP contribution in [0, 0.1) is 5.82 Å². The lowest BCUT2D eigenvalue weighted by molar-refractivity contribution is -0.115. The van der Waals surface area contributed by atoms with E-state index in [4.69, 9.17) is 9.47 Å². The van der Waals surface area contributed by atoms with Gasteiger partial charge < -0.3 is 51.4 Å². The number of carbonyl (C=O) groups excluding carboxylic acids is 5. The van der Waals surface area contributed by atoms with Crippen LogP contribution in [0.15, 0.2) is 103 Å². The molecule has 0 bridgehead atoms. The van der Waals surface area contributed by atoms with Crippen molar-refractivity contribution >= 4 is 64.3 Å². The first-order valence-electron chi connectivity index (χ1n) is 17.4. The van der Waals surface area contributed by atoms with Gasteiger partial charge in [-0.15, -0.1) is 0 Å². The summed E-state index contributed by atoms with van der Waals surface area (Å²) in [5.74, 6) is -6.72. The maximum absolute atomic E-state index is 13.2. The molecule has 8 N–H and O–H groups in total. The Kier molecular flexibility index (Phi) is 13.2. The second kappa shape index (κ2) is 18.6. The zero-order chi connectivity index (χ0) is 42.8. The van der Waals surface area contributed by atoms with Crippen molar-refractivity contribution in [2.45, 2.75) is 6.92 Å². The van der Waals surface area contributed by atoms with Gasteiger partial charge in [0.15, 0.2) is 23.0 Å². The first-order valence-corrected chi connectivity index (χ1v) is 17.4. The van der Waals surface area contributed by atoms with Gasteiger partial charge in [-0.05, 0) is 103 Å². The second-order valence-corrected chi connectivity index (χ2v) is 12.5. The van der Waals surface area contributed by atoms with E-state index in [9.17, 15) is 48.5 Å². The number of carboxylic acids is 1. The number of rotatable bonds is 14. The van der Waals surface area contributed by atoms with Crippen molar-refractivity contribution in [2.75, 3.05) is 42.0 Å². The Morgan fingerprint density at radius 3 is 1.64 bits per heavy atom. The molecule has 0 aliphatic carbocycles. The van der Waals surface area contributed by atoms with E-state index in [1.165, 1.54) is 86.0 Å². The van der Waals surface area contributed by atoms with Crippen LogP contribution in [0.4, 0.5) is 27.1 Å². The standard InChI is InChI=1S/C42H36FN5O11/c1-22(20-23-4-10-26(43)11-5-23)38(52)46-28-14-6-24(7-15-28)39(53)44-21-33(49)45-27-12-8-25(9-13-27)40(54)47-31-18-16-29(34(50)36(31)58-2)41(55)48-32-19-17-30(42(56)57)35(51)37(32)59-3/h4-20,50-51H,21H2,1-3H3,(H,44,53)(H,45,49)(H,46,52)(H,47,54)(H,48,55)(H,56,57). The van der Waals surface area contributed by atoms with Gasteiger partial charge in [-0.1, -0.05) is 12.1 Å². The van der Waals surface area contributed by atoms with E-state index in [0.29, 0.717) is 22.5 Å². The number of ether oxygens (including phenoxy) is 2. The van der Waals surface area contributed by atoms with Crippen LogP contribution in [0.25, 0.3) is 6.08 Å². The predicted molar refractivity (Wildman–Crippen MR) is 215 cm³/mol. The molecule has 59 heavy (non-hydrogen) atoms. The van der Waals surface area contributed by atoms with E-state index in [-0.39, 0.29) is 57.8 Å². The summed E-state index contributed by atoms with van der Waals surface area (Å²) in [4.78, 5) is 75.3. The minimum absolute atomic E-state index is 0.00543. The number of benzene rings is 5. The quantitative estimate of drug-likeness (QED) is 0.0618. The molecule has 0 saturated heterocycles. The SMILES string of the molecule is COc1c(NC(=O)c2ccc(NC(=O)c3ccc(NC(=O)CNC(=O)c4ccc(NC(=O)C(C)=Cc5ccc(F)cc5)cc4)cc3)c(OC)c2O)ccc(C(=O)O)c1O. The fourth-order valence-corrected chi connectivity index (χ4v) is 5.47. The molecular weight excluding hydrogens is 769 g/mol. The lowest BCUT2D eigenvalue weighted by Gasteiger charge is -2.16. The number of nitrogens with one attached hydrogen (secondary N) is 5. The van der Waals surface area contributed by atoms with Gasteiger partial charge in [0.1, 0.15) is 11.4 Å². The average Bonchev–Trinajstić information content (AvgIpc) is 3.21. The number of phenolic OH excluding ortho intramolecular Hbond substituents is 1. The van der Waals surface area contributed by atoms with Crippen molar-refractivity contribution in [3.63, 3.8) is 0 Å². The molecule has 0 saturated carbocycles. The van der Waals surface area contributed by atoms with Crippen LogP contribution in [0.3, 0.4) is 0 Å². The number of phenols is 2. The van der Waals surface area contributed by atoms with Crippen molar-refractivity contribution in [1.29, 1.82) is 0 Å². The van der Waals surface area contributed by atoms with Crippen LogP contribution >= 0.6 is 0 Å². The number of carboxylic acid groups (broad SMARTS) is 1. The number of hydrogen-bond donors (Lipinski definition) is 8. The van der Waals surface area contributed by atoms with Gasteiger partial charge in [0.2, 0.25) is 5.91 Å². The molecule has 0 radical (unpaired) electrons. The van der Waals surface area contributed by atoms with Crippen molar-refractivity contribution in [1.82, 2.24) is 5.32 Å². The van der Waals surface area contributed by atoms with Crippen LogP contribution in [-0.2, 0) is 9.59 Å². The van der Waals surface area contributed by atoms with Gasteiger partial charge in [-0.25, -0.2) is 9.18 Å². The largest absolute Gasteiger partial charge is 0.504 e. The number of hydrogen-bond acceptors (Lipinski definition) is 10. The molecule has 5 aromatic rings. The maximum atomic E-state index is 13.2. The Hall–Kier alpha value is -8.21. The molecule has 0 aliphatic heterocycles. The minimum Gasteiger partial charge on any atom is -0.504 e. The van der Waals surface area contributed by atoms with Crippen molar-refractivity contribution < 1.29 is 58.0 Å². The van der Waals surface area contributed by atoms with Crippen molar-refractivity contribution in [3.05, 3.63) is 136 Å². The van der Waals surface area contributed by atoms with Gasteiger partial charge in [0, 0.05) is 28.1 Å². The lowest BCUT2D eigenvalue weighted by Crippen LogP contribution is -2.32. The van der Waals surface area contributed by atoms with Gasteiger partial charge in [0.25, 0.3) is 23.6 Å². The Morgan fingerprint density at radius 1 is 0.610 bits per heavy atom. The molecule has 17 heteroatoms. The topological polar surface area (TPSA) is 242 Å². The highest BCUT2D eigenvalue weighted by Gasteiger charge is 2.24. The first kappa shape index (κ1) is 41.9. The number of aromatic carboxylic acids is 1. The molecule has 0 spiro atoms. The highest BCUT2D eigenvalue weighted by Crippen LogP contribution is 2.40. The van der Waals surface area contributed by atoms with E-state index in [1.807, 2.05) is 0 Å². The Balaban J connectivity index is 1.12. The zero-order valence-electron chi connectivity index (χ0n) is 31.5. The summed E-state index contributed by atoms with van der Waals surface area (Å²) in [6.45, 7) is 1.23. The Morgan fingerprint density at radius 2 is 1.10 bits per heavy atom. The van der Waals surface area contributed by atoms with Gasteiger partial charge in [-0.3, -0.25) is 24.0 Å². The first-order chi connectivity index (χ1) is 28.2. The third-order valence-corrected chi connectivity index (χ3v) is 8.50. The fourth-order valence-electron chi connectivity index (χ4n) is 5.47. The molecule has 0 fully saturated rings. The molecule has 5 amide bonds. The summed E-state index contributed by atoms with van der Waals surface area (Å²) in [5.41, 5.74) is 1.34. The van der Waals surface area contributed by atoms with E-state index in [1.54, 1.807) is 25.1 Å². The maximum Gasteiger partial charge on any atom is 0.339 e. The summed E-state index contributed by atoms with van der Waals surface area (Å²) in [6, 6.07) is 22.2. The molecule has 302 valence electrons. The highest BCUT2D eigenvalue weighted by atomic mass is 19.1. The zero-order valence-corrected chi connectivity index (χ0v) is 31.5. The molecule has 16 nitrogen and oxygen atoms in total. The molecule has 0 aliphatic rings. The summed E-state index contributed by atoms with van der Waals surface area (Å²) < 4.78 is 23.5. The molecular formula is C42H36FN5O11. The summed E-state index contributed by atoms with van der Waals surface area (Å²) in [7, 11) is 2.37. The number of methoxy groups -OCH3 is 2. The third kappa shape index (κ3) is 10.4.